The summed E-state index contributed by atoms with van der Waals surface area (Å²) in [6.07, 6.45) is 2.29. The summed E-state index contributed by atoms with van der Waals surface area (Å²) in [4.78, 5) is 29.5. The molecule has 7 heteroatoms. The van der Waals surface area contributed by atoms with Crippen molar-refractivity contribution in [3.8, 4) is 0 Å². The summed E-state index contributed by atoms with van der Waals surface area (Å²) < 4.78 is 10.4. The van der Waals surface area contributed by atoms with Crippen LogP contribution in [0.15, 0.2) is 7.95 Å². The SMILES string of the molecule is CC(=O)[O][Al]([N]=C=O)[N]=C=O. The van der Waals surface area contributed by atoms with Gasteiger partial charge >= 0.3 is 14.9 Å². The van der Waals surface area contributed by atoms with E-state index in [2.05, 4.69) is 11.7 Å². The van der Waals surface area contributed by atoms with Gasteiger partial charge in [-0.3, -0.25) is 12.7 Å². The molecule has 0 atom stereocenters. The molecule has 0 heterocycles. The number of rotatable bonds is 3. The Kier molecular flexibility index (Phi) is 4.92. The average molecular weight is 170 g/mol. The van der Waals surface area contributed by atoms with Crippen molar-refractivity contribution in [1.82, 2.24) is 0 Å². The first kappa shape index (κ1) is 9.76. The minimum absolute atomic E-state index is 0.639. The van der Waals surface area contributed by atoms with Crippen molar-refractivity contribution in [3.05, 3.63) is 0 Å². The molecule has 0 aromatic carbocycles. The summed E-state index contributed by atoms with van der Waals surface area (Å²) in [5.74, 6) is -0.639. The molecule has 0 N–H and O–H groups in total. The first-order valence-electron chi connectivity index (χ1n) is 2.52. The first-order valence-corrected chi connectivity index (χ1v) is 4.02. The van der Waals surface area contributed by atoms with Crippen LogP contribution >= 0.6 is 0 Å². The molecule has 11 heavy (non-hydrogen) atoms. The van der Waals surface area contributed by atoms with Gasteiger partial charge in [-0.05, 0) is 0 Å². The zero-order chi connectivity index (χ0) is 8.69. The number of hydrogen-bond acceptors (Lipinski definition) is 6. The lowest BCUT2D eigenvalue weighted by Gasteiger charge is -1.95. The lowest BCUT2D eigenvalue weighted by Crippen LogP contribution is -2.16. The highest BCUT2D eigenvalue weighted by Gasteiger charge is 2.29. The van der Waals surface area contributed by atoms with Crippen LogP contribution in [0.3, 0.4) is 0 Å². The van der Waals surface area contributed by atoms with Crippen LogP contribution in [-0.2, 0) is 18.2 Å². The molecule has 0 fully saturated rings. The van der Waals surface area contributed by atoms with E-state index in [-0.39, 0.29) is 0 Å². The van der Waals surface area contributed by atoms with Crippen molar-refractivity contribution in [1.29, 1.82) is 0 Å². The van der Waals surface area contributed by atoms with Crippen LogP contribution < -0.4 is 0 Å². The van der Waals surface area contributed by atoms with E-state index < -0.39 is 20.9 Å². The van der Waals surface area contributed by atoms with E-state index in [0.29, 0.717) is 0 Å². The summed E-state index contributed by atoms with van der Waals surface area (Å²) in [6, 6.07) is 0. The van der Waals surface area contributed by atoms with Crippen LogP contribution in [0.5, 0.6) is 0 Å². The standard InChI is InChI=1S/C2H4O2.2CNO.Al/c1-2(3)4;2*2-1-3;/h1H3,(H,3,4);;;/q;2*-1;+3/p-1. The Bertz CT molecular complexity index is 222. The van der Waals surface area contributed by atoms with Crippen molar-refractivity contribution in [2.75, 3.05) is 0 Å². The van der Waals surface area contributed by atoms with Gasteiger partial charge in [0.25, 0.3) is 5.97 Å². The van der Waals surface area contributed by atoms with Gasteiger partial charge in [0.15, 0.2) is 0 Å². The van der Waals surface area contributed by atoms with E-state index in [4.69, 9.17) is 0 Å². The van der Waals surface area contributed by atoms with Crippen molar-refractivity contribution < 1.29 is 18.2 Å². The maximum Gasteiger partial charge on any atom is 0.949 e. The Morgan fingerprint density at radius 2 is 1.82 bits per heavy atom. The normalized spacial score (nSPS) is 7.00. The third-order valence-electron chi connectivity index (χ3n) is 0.598. The molecule has 0 aliphatic carbocycles. The summed E-state index contributed by atoms with van der Waals surface area (Å²) in [5.41, 5.74) is 0. The zero-order valence-electron chi connectivity index (χ0n) is 5.60. The number of carbonyl (C=O) groups excluding carboxylic acids is 3. The van der Waals surface area contributed by atoms with Crippen LogP contribution in [0.25, 0.3) is 0 Å². The Morgan fingerprint density at radius 3 is 2.09 bits per heavy atom. The highest BCUT2D eigenvalue weighted by molar-refractivity contribution is 6.51. The highest BCUT2D eigenvalue weighted by Crippen LogP contribution is 1.88. The highest BCUT2D eigenvalue weighted by atomic mass is 27.2. The van der Waals surface area contributed by atoms with E-state index in [1.807, 2.05) is 0 Å². The third kappa shape index (κ3) is 5.22. The van der Waals surface area contributed by atoms with Crippen LogP contribution in [0.2, 0.25) is 0 Å². The van der Waals surface area contributed by atoms with Crippen molar-refractivity contribution in [2.24, 2.45) is 7.95 Å². The molecule has 0 aliphatic heterocycles. The minimum Gasteiger partial charge on any atom is -0.581 e. The molecule has 0 aromatic heterocycles. The molecule has 0 aliphatic rings. The first-order chi connectivity index (χ1) is 5.20. The van der Waals surface area contributed by atoms with Gasteiger partial charge in [0, 0.05) is 6.92 Å². The van der Waals surface area contributed by atoms with Gasteiger partial charge in [0.1, 0.15) is 0 Å². The Labute approximate surface area is 66.7 Å². The molecule has 0 radical (unpaired) electrons. The zero-order valence-corrected chi connectivity index (χ0v) is 6.76. The molecule has 0 amide bonds. The lowest BCUT2D eigenvalue weighted by atomic mass is 10.9. The fraction of sp³-hybridized carbons (Fsp3) is 0.250. The van der Waals surface area contributed by atoms with E-state index in [0.717, 1.165) is 19.1 Å². The monoisotopic (exact) mass is 170 g/mol. The summed E-state index contributed by atoms with van der Waals surface area (Å²) in [5, 5.41) is 0. The van der Waals surface area contributed by atoms with Gasteiger partial charge in [-0.15, -0.1) is 0 Å². The van der Waals surface area contributed by atoms with Crippen LogP contribution in [-0.4, -0.2) is 33.1 Å². The largest absolute Gasteiger partial charge is 0.949 e. The molecule has 0 spiro atoms. The maximum absolute atomic E-state index is 10.2. The van der Waals surface area contributed by atoms with E-state index >= 15 is 0 Å². The fourth-order valence-electron chi connectivity index (χ4n) is 0.320. The average Bonchev–Trinajstić information content (AvgIpc) is 1.87. The number of isocyanates is 2. The molecular formula is C4H3AlN2O4. The van der Waals surface area contributed by atoms with Crippen LogP contribution in [0.4, 0.5) is 0 Å². The summed E-state index contributed by atoms with van der Waals surface area (Å²) in [7, 11) is 0. The van der Waals surface area contributed by atoms with E-state index in [9.17, 15) is 14.4 Å². The second kappa shape index (κ2) is 5.54. The van der Waals surface area contributed by atoms with Crippen molar-refractivity contribution in [2.45, 2.75) is 6.92 Å². The lowest BCUT2D eigenvalue weighted by molar-refractivity contribution is -0.132. The predicted octanol–water partition coefficient (Wildman–Crippen LogP) is -0.794. The number of hydrogen-bond donors (Lipinski definition) is 0. The van der Waals surface area contributed by atoms with Gasteiger partial charge in [0.05, 0.1) is 0 Å². The fourth-order valence-corrected chi connectivity index (χ4v) is 0.961. The molecule has 0 saturated carbocycles. The van der Waals surface area contributed by atoms with Gasteiger partial charge in [0.2, 0.25) is 12.2 Å². The second-order valence-corrected chi connectivity index (χ2v) is 2.78. The quantitative estimate of drug-likeness (QED) is 0.315. The molecule has 0 unspecified atom stereocenters. The third-order valence-corrected chi connectivity index (χ3v) is 1.79. The molecule has 6 nitrogen and oxygen atoms in total. The Morgan fingerprint density at radius 1 is 1.36 bits per heavy atom. The van der Waals surface area contributed by atoms with E-state index in [1.165, 1.54) is 0 Å². The molecule has 0 saturated heterocycles. The number of nitrogens with zero attached hydrogens (tertiary/aromatic N) is 2. The molecule has 56 valence electrons. The maximum atomic E-state index is 10.2. The molecular weight excluding hydrogens is 167 g/mol. The van der Waals surface area contributed by atoms with Gasteiger partial charge in [-0.1, -0.05) is 0 Å². The Hall–Kier alpha value is -1.24. The molecule has 0 rings (SSSR count). The van der Waals surface area contributed by atoms with Crippen molar-refractivity contribution >= 4 is 33.1 Å². The van der Waals surface area contributed by atoms with Crippen LogP contribution in [0, 0.1) is 0 Å². The number of carbonyl (C=O) groups is 1. The second-order valence-electron chi connectivity index (χ2n) is 1.38. The molecule has 0 bridgehead atoms. The smallest absolute Gasteiger partial charge is 0.581 e. The summed E-state index contributed by atoms with van der Waals surface area (Å²) in [6.45, 7) is 1.13. The Balaban J connectivity index is 4.21. The van der Waals surface area contributed by atoms with Gasteiger partial charge < -0.3 is 3.79 Å². The van der Waals surface area contributed by atoms with Crippen molar-refractivity contribution in [3.63, 3.8) is 0 Å². The summed E-state index contributed by atoms with van der Waals surface area (Å²) >= 11 is -2.74. The van der Waals surface area contributed by atoms with E-state index in [1.54, 1.807) is 0 Å². The minimum atomic E-state index is -2.74. The van der Waals surface area contributed by atoms with Gasteiger partial charge in [-0.2, -0.15) is 0 Å². The van der Waals surface area contributed by atoms with Crippen LogP contribution in [0.1, 0.15) is 6.92 Å². The molecule has 0 aromatic rings. The van der Waals surface area contributed by atoms with Gasteiger partial charge in [-0.25, -0.2) is 9.59 Å². The predicted molar refractivity (Wildman–Crippen MR) is 33.8 cm³/mol. The topological polar surface area (TPSA) is 85.2 Å².